The molecule has 0 aromatic heterocycles. The van der Waals surface area contributed by atoms with Gasteiger partial charge in [-0.05, 0) is 32.0 Å². The van der Waals surface area contributed by atoms with Crippen LogP contribution in [0.1, 0.15) is 24.2 Å². The molecule has 0 aliphatic carbocycles. The predicted octanol–water partition coefficient (Wildman–Crippen LogP) is 2.06. The molecule has 6 heteroatoms. The van der Waals surface area contributed by atoms with Crippen LogP contribution < -0.4 is 10.6 Å². The van der Waals surface area contributed by atoms with Crippen molar-refractivity contribution in [3.05, 3.63) is 28.8 Å². The number of hydrogen-bond acceptors (Lipinski definition) is 3. The number of ether oxygens (including phenoxy) is 1. The van der Waals surface area contributed by atoms with Crippen molar-refractivity contribution in [1.29, 1.82) is 0 Å². The Bertz CT molecular complexity index is 475. The van der Waals surface area contributed by atoms with Gasteiger partial charge in [0.1, 0.15) is 6.61 Å². The molecule has 0 atom stereocenters. The summed E-state index contributed by atoms with van der Waals surface area (Å²) in [5.74, 6) is -0.560. The van der Waals surface area contributed by atoms with Gasteiger partial charge in [-0.15, -0.1) is 0 Å². The van der Waals surface area contributed by atoms with Crippen LogP contribution in [0.2, 0.25) is 5.02 Å². The lowest BCUT2D eigenvalue weighted by Crippen LogP contribution is -2.22. The molecule has 0 saturated heterocycles. The number of anilines is 1. The zero-order valence-electron chi connectivity index (χ0n) is 11.1. The highest BCUT2D eigenvalue weighted by Crippen LogP contribution is 2.23. The molecular formula is C13H17ClN2O3. The maximum Gasteiger partial charge on any atom is 0.251 e. The Morgan fingerprint density at radius 3 is 2.63 bits per heavy atom. The second-order valence-electron chi connectivity index (χ2n) is 4.18. The van der Waals surface area contributed by atoms with E-state index in [1.165, 1.54) is 13.1 Å². The van der Waals surface area contributed by atoms with E-state index in [0.29, 0.717) is 16.3 Å². The minimum atomic E-state index is -0.315. The highest BCUT2D eigenvalue weighted by molar-refractivity contribution is 6.33. The maximum absolute atomic E-state index is 11.6. The first kappa shape index (κ1) is 15.5. The molecule has 0 radical (unpaired) electrons. The normalized spacial score (nSPS) is 10.4. The first-order valence-corrected chi connectivity index (χ1v) is 6.25. The smallest absolute Gasteiger partial charge is 0.251 e. The number of amides is 2. The van der Waals surface area contributed by atoms with E-state index in [4.69, 9.17) is 16.3 Å². The Labute approximate surface area is 117 Å². The summed E-state index contributed by atoms with van der Waals surface area (Å²) < 4.78 is 5.18. The molecule has 1 rings (SSSR count). The summed E-state index contributed by atoms with van der Waals surface area (Å²) in [7, 11) is 1.53. The van der Waals surface area contributed by atoms with E-state index >= 15 is 0 Å². The van der Waals surface area contributed by atoms with E-state index in [9.17, 15) is 9.59 Å². The lowest BCUT2D eigenvalue weighted by atomic mass is 10.2. The van der Waals surface area contributed by atoms with E-state index in [1.807, 2.05) is 13.8 Å². The predicted molar refractivity (Wildman–Crippen MR) is 74.6 cm³/mol. The summed E-state index contributed by atoms with van der Waals surface area (Å²) in [6.07, 6.45) is -0.0292. The number of carbonyl (C=O) groups is 2. The fourth-order valence-electron chi connectivity index (χ4n) is 1.34. The van der Waals surface area contributed by atoms with Gasteiger partial charge in [0.25, 0.3) is 5.91 Å². The van der Waals surface area contributed by atoms with Gasteiger partial charge in [-0.2, -0.15) is 0 Å². The fraction of sp³-hybridized carbons (Fsp3) is 0.385. The minimum Gasteiger partial charge on any atom is -0.369 e. The Morgan fingerprint density at radius 2 is 2.05 bits per heavy atom. The monoisotopic (exact) mass is 284 g/mol. The summed E-state index contributed by atoms with van der Waals surface area (Å²) in [4.78, 5) is 23.1. The van der Waals surface area contributed by atoms with Gasteiger partial charge >= 0.3 is 0 Å². The van der Waals surface area contributed by atoms with Crippen LogP contribution >= 0.6 is 11.6 Å². The van der Waals surface area contributed by atoms with Crippen LogP contribution in [0.15, 0.2) is 18.2 Å². The van der Waals surface area contributed by atoms with Crippen molar-refractivity contribution in [1.82, 2.24) is 5.32 Å². The van der Waals surface area contributed by atoms with Crippen LogP contribution in [0.25, 0.3) is 0 Å². The van der Waals surface area contributed by atoms with E-state index < -0.39 is 0 Å². The molecule has 0 spiro atoms. The van der Waals surface area contributed by atoms with Gasteiger partial charge in [0, 0.05) is 12.6 Å². The van der Waals surface area contributed by atoms with E-state index in [-0.39, 0.29) is 24.5 Å². The number of rotatable bonds is 5. The molecule has 0 fully saturated rings. The lowest BCUT2D eigenvalue weighted by Gasteiger charge is -2.10. The van der Waals surface area contributed by atoms with Crippen molar-refractivity contribution in [3.63, 3.8) is 0 Å². The van der Waals surface area contributed by atoms with E-state index in [0.717, 1.165) is 0 Å². The summed E-state index contributed by atoms with van der Waals surface area (Å²) in [6.45, 7) is 3.62. The van der Waals surface area contributed by atoms with Crippen LogP contribution in [0.4, 0.5) is 5.69 Å². The largest absolute Gasteiger partial charge is 0.369 e. The highest BCUT2D eigenvalue weighted by Gasteiger charge is 2.10. The quantitative estimate of drug-likeness (QED) is 0.870. The Kier molecular flexibility index (Phi) is 5.79. The Morgan fingerprint density at radius 1 is 1.37 bits per heavy atom. The van der Waals surface area contributed by atoms with Gasteiger partial charge in [-0.3, -0.25) is 9.59 Å². The fourth-order valence-corrected chi connectivity index (χ4v) is 1.50. The van der Waals surface area contributed by atoms with Crippen LogP contribution in [0.3, 0.4) is 0 Å². The summed E-state index contributed by atoms with van der Waals surface area (Å²) >= 11 is 5.96. The molecular weight excluding hydrogens is 268 g/mol. The average molecular weight is 285 g/mol. The molecule has 1 aromatic carbocycles. The number of carbonyl (C=O) groups excluding carboxylic acids is 2. The van der Waals surface area contributed by atoms with E-state index in [1.54, 1.807) is 12.1 Å². The molecule has 0 unspecified atom stereocenters. The van der Waals surface area contributed by atoms with Gasteiger partial charge < -0.3 is 15.4 Å². The molecule has 19 heavy (non-hydrogen) atoms. The van der Waals surface area contributed by atoms with Gasteiger partial charge in [-0.1, -0.05) is 11.6 Å². The molecule has 0 heterocycles. The number of benzene rings is 1. The zero-order chi connectivity index (χ0) is 14.4. The molecule has 0 saturated carbocycles. The third kappa shape index (κ3) is 4.89. The molecule has 0 aliphatic heterocycles. The van der Waals surface area contributed by atoms with Gasteiger partial charge in [0.2, 0.25) is 5.91 Å². The molecule has 0 bridgehead atoms. The number of nitrogens with one attached hydrogen (secondary N) is 2. The standard InChI is InChI=1S/C13H17ClN2O3/c1-8(2)19-7-12(17)16-11-6-9(13(18)15-3)4-5-10(11)14/h4-6,8H,7H2,1-3H3,(H,15,18)(H,16,17). The van der Waals surface area contributed by atoms with Crippen molar-refractivity contribution < 1.29 is 14.3 Å². The van der Waals surface area contributed by atoms with Crippen LogP contribution in [-0.2, 0) is 9.53 Å². The summed E-state index contributed by atoms with van der Waals surface area (Å²) in [6, 6.07) is 4.67. The average Bonchev–Trinajstić information content (AvgIpc) is 2.38. The molecule has 104 valence electrons. The van der Waals surface area contributed by atoms with Crippen molar-refractivity contribution in [2.75, 3.05) is 19.0 Å². The first-order valence-electron chi connectivity index (χ1n) is 5.87. The van der Waals surface area contributed by atoms with Gasteiger partial charge in [-0.25, -0.2) is 0 Å². The van der Waals surface area contributed by atoms with Gasteiger partial charge in [0.15, 0.2) is 0 Å². The third-order valence-electron chi connectivity index (χ3n) is 2.28. The van der Waals surface area contributed by atoms with Crippen molar-refractivity contribution in [2.45, 2.75) is 20.0 Å². The van der Waals surface area contributed by atoms with Crippen molar-refractivity contribution in [3.8, 4) is 0 Å². The first-order chi connectivity index (χ1) is 8.93. The second kappa shape index (κ2) is 7.11. The van der Waals surface area contributed by atoms with Crippen molar-refractivity contribution in [2.24, 2.45) is 0 Å². The molecule has 0 aliphatic rings. The van der Waals surface area contributed by atoms with Crippen molar-refractivity contribution >= 4 is 29.1 Å². The molecule has 1 aromatic rings. The second-order valence-corrected chi connectivity index (χ2v) is 4.59. The van der Waals surface area contributed by atoms with Gasteiger partial charge in [0.05, 0.1) is 16.8 Å². The SMILES string of the molecule is CNC(=O)c1ccc(Cl)c(NC(=O)COC(C)C)c1. The number of hydrogen-bond donors (Lipinski definition) is 2. The van der Waals surface area contributed by atoms with Crippen LogP contribution in [0, 0.1) is 0 Å². The van der Waals surface area contributed by atoms with Crippen LogP contribution in [0.5, 0.6) is 0 Å². The van der Waals surface area contributed by atoms with Crippen LogP contribution in [-0.4, -0.2) is 31.6 Å². The maximum atomic E-state index is 11.6. The lowest BCUT2D eigenvalue weighted by molar-refractivity contribution is -0.121. The van der Waals surface area contributed by atoms with E-state index in [2.05, 4.69) is 10.6 Å². The summed E-state index contributed by atoms with van der Waals surface area (Å²) in [5.41, 5.74) is 0.812. The Balaban J connectivity index is 2.77. The molecule has 5 nitrogen and oxygen atoms in total. The molecule has 2 N–H and O–H groups in total. The minimum absolute atomic E-state index is 0.0292. The third-order valence-corrected chi connectivity index (χ3v) is 2.61. The zero-order valence-corrected chi connectivity index (χ0v) is 11.9. The molecule has 2 amide bonds. The highest BCUT2D eigenvalue weighted by atomic mass is 35.5. The topological polar surface area (TPSA) is 67.4 Å². The summed E-state index contributed by atoms with van der Waals surface area (Å²) in [5, 5.41) is 5.48. The Hall–Kier alpha value is -1.59. The number of halogens is 1.